The molecule has 0 aliphatic rings. The van der Waals surface area contributed by atoms with Crippen molar-refractivity contribution in [1.82, 2.24) is 4.31 Å². The Morgan fingerprint density at radius 1 is 1.11 bits per heavy atom. The Kier molecular flexibility index (Phi) is 7.20. The Balaban J connectivity index is 1.95. The highest BCUT2D eigenvalue weighted by molar-refractivity contribution is 7.89. The van der Waals surface area contributed by atoms with Gasteiger partial charge in [0.2, 0.25) is 15.9 Å². The van der Waals surface area contributed by atoms with Gasteiger partial charge in [0.15, 0.2) is 0 Å². The van der Waals surface area contributed by atoms with Crippen LogP contribution in [0.5, 0.6) is 11.5 Å². The molecule has 2 aromatic rings. The van der Waals surface area contributed by atoms with Crippen molar-refractivity contribution < 1.29 is 22.7 Å². The minimum atomic E-state index is -3.69. The summed E-state index contributed by atoms with van der Waals surface area (Å²) in [4.78, 5) is 12.1. The molecule has 2 aromatic carbocycles. The number of hydrogen-bond acceptors (Lipinski definition) is 5. The van der Waals surface area contributed by atoms with Crippen LogP contribution in [-0.2, 0) is 14.8 Å². The number of methoxy groups -OCH3 is 1. The van der Waals surface area contributed by atoms with Crippen molar-refractivity contribution in [3.8, 4) is 11.5 Å². The van der Waals surface area contributed by atoms with Crippen molar-refractivity contribution in [1.29, 1.82) is 0 Å². The molecule has 0 saturated heterocycles. The van der Waals surface area contributed by atoms with E-state index in [0.717, 1.165) is 10.1 Å². The molecule has 0 bridgehead atoms. The predicted octanol–water partition coefficient (Wildman–Crippen LogP) is 2.74. The second kappa shape index (κ2) is 9.38. The molecule has 0 aromatic heterocycles. The van der Waals surface area contributed by atoms with E-state index in [0.29, 0.717) is 18.7 Å². The molecule has 146 valence electrons. The van der Waals surface area contributed by atoms with Crippen LogP contribution < -0.4 is 14.8 Å². The molecule has 27 heavy (non-hydrogen) atoms. The van der Waals surface area contributed by atoms with Gasteiger partial charge in [0, 0.05) is 26.2 Å². The molecule has 8 heteroatoms. The Labute approximate surface area is 160 Å². The lowest BCUT2D eigenvalue weighted by atomic mass is 10.2. The molecule has 1 amide bonds. The highest BCUT2D eigenvalue weighted by Gasteiger charge is 2.23. The van der Waals surface area contributed by atoms with E-state index in [9.17, 15) is 13.2 Å². The van der Waals surface area contributed by atoms with Crippen LogP contribution in [0.3, 0.4) is 0 Å². The van der Waals surface area contributed by atoms with Gasteiger partial charge in [-0.05, 0) is 36.8 Å². The fourth-order valence-corrected chi connectivity index (χ4v) is 3.39. The summed E-state index contributed by atoms with van der Waals surface area (Å²) in [5.41, 5.74) is 0.394. The number of ether oxygens (including phenoxy) is 2. The van der Waals surface area contributed by atoms with Crippen LogP contribution >= 0.6 is 0 Å². The van der Waals surface area contributed by atoms with Gasteiger partial charge in [-0.2, -0.15) is 0 Å². The van der Waals surface area contributed by atoms with E-state index in [2.05, 4.69) is 5.32 Å². The fraction of sp³-hybridized carbons (Fsp3) is 0.316. The molecule has 0 fully saturated rings. The summed E-state index contributed by atoms with van der Waals surface area (Å²) >= 11 is 0. The molecule has 1 N–H and O–H groups in total. The summed E-state index contributed by atoms with van der Waals surface area (Å²) in [5, 5.41) is 2.71. The molecule has 2 rings (SSSR count). The van der Waals surface area contributed by atoms with Gasteiger partial charge in [-0.3, -0.25) is 4.79 Å². The SMILES string of the molecule is COc1ccc(NC(=O)CCCOc2ccccc2)cc1S(=O)(=O)N(C)C. The van der Waals surface area contributed by atoms with Gasteiger partial charge < -0.3 is 14.8 Å². The van der Waals surface area contributed by atoms with Crippen LogP contribution in [0.2, 0.25) is 0 Å². The summed E-state index contributed by atoms with van der Waals surface area (Å²) in [6.45, 7) is 0.417. The van der Waals surface area contributed by atoms with Crippen LogP contribution in [0.1, 0.15) is 12.8 Å². The van der Waals surface area contributed by atoms with E-state index in [1.54, 1.807) is 6.07 Å². The largest absolute Gasteiger partial charge is 0.495 e. The monoisotopic (exact) mass is 392 g/mol. The second-order valence-electron chi connectivity index (χ2n) is 5.97. The summed E-state index contributed by atoms with van der Waals surface area (Å²) in [6.07, 6.45) is 0.800. The molecule has 0 atom stereocenters. The van der Waals surface area contributed by atoms with Crippen molar-refractivity contribution in [3.05, 3.63) is 48.5 Å². The summed E-state index contributed by atoms with van der Waals surface area (Å²) in [5.74, 6) is 0.759. The lowest BCUT2D eigenvalue weighted by Gasteiger charge is -2.16. The van der Waals surface area contributed by atoms with Crippen LogP contribution in [-0.4, -0.2) is 46.4 Å². The molecule has 0 radical (unpaired) electrons. The molecule has 0 aliphatic heterocycles. The van der Waals surface area contributed by atoms with E-state index < -0.39 is 10.0 Å². The van der Waals surface area contributed by atoms with Gasteiger partial charge >= 0.3 is 0 Å². The van der Waals surface area contributed by atoms with Gasteiger partial charge in [0.25, 0.3) is 0 Å². The van der Waals surface area contributed by atoms with E-state index >= 15 is 0 Å². The maximum atomic E-state index is 12.4. The highest BCUT2D eigenvalue weighted by Crippen LogP contribution is 2.28. The average molecular weight is 392 g/mol. The lowest BCUT2D eigenvalue weighted by Crippen LogP contribution is -2.23. The van der Waals surface area contributed by atoms with Crippen molar-refractivity contribution in [2.75, 3.05) is 33.1 Å². The number of hydrogen-bond donors (Lipinski definition) is 1. The number of nitrogens with one attached hydrogen (secondary N) is 1. The number of amides is 1. The first kappa shape index (κ1) is 20.7. The van der Waals surface area contributed by atoms with Crippen LogP contribution in [0.15, 0.2) is 53.4 Å². The van der Waals surface area contributed by atoms with E-state index in [1.165, 1.54) is 33.3 Å². The molecular formula is C19H24N2O5S. The quantitative estimate of drug-likeness (QED) is 0.663. The third kappa shape index (κ3) is 5.70. The molecular weight excluding hydrogens is 368 g/mol. The number of sulfonamides is 1. The number of rotatable bonds is 9. The first-order valence-corrected chi connectivity index (χ1v) is 9.87. The third-order valence-electron chi connectivity index (χ3n) is 3.77. The summed E-state index contributed by atoms with van der Waals surface area (Å²) in [6, 6.07) is 13.9. The number of nitrogens with zero attached hydrogens (tertiary/aromatic N) is 1. The number of anilines is 1. The molecule has 0 heterocycles. The number of benzene rings is 2. The van der Waals surface area contributed by atoms with Crippen LogP contribution in [0.25, 0.3) is 0 Å². The number of carbonyl (C=O) groups is 1. The minimum absolute atomic E-state index is 0.000195. The Bertz CT molecular complexity index is 867. The molecule has 0 unspecified atom stereocenters. The van der Waals surface area contributed by atoms with Crippen LogP contribution in [0, 0.1) is 0 Å². The number of carbonyl (C=O) groups excluding carboxylic acids is 1. The van der Waals surface area contributed by atoms with E-state index in [-0.39, 0.29) is 23.0 Å². The van der Waals surface area contributed by atoms with Crippen molar-refractivity contribution in [2.24, 2.45) is 0 Å². The fourth-order valence-electron chi connectivity index (χ4n) is 2.32. The van der Waals surface area contributed by atoms with Crippen LogP contribution in [0.4, 0.5) is 5.69 Å². The van der Waals surface area contributed by atoms with Gasteiger partial charge in [-0.25, -0.2) is 12.7 Å². The zero-order valence-electron chi connectivity index (χ0n) is 15.6. The van der Waals surface area contributed by atoms with E-state index in [4.69, 9.17) is 9.47 Å². The lowest BCUT2D eigenvalue weighted by molar-refractivity contribution is -0.116. The van der Waals surface area contributed by atoms with Gasteiger partial charge in [-0.15, -0.1) is 0 Å². The van der Waals surface area contributed by atoms with Gasteiger partial charge in [0.1, 0.15) is 16.4 Å². The Morgan fingerprint density at radius 3 is 2.44 bits per heavy atom. The second-order valence-corrected chi connectivity index (χ2v) is 8.09. The van der Waals surface area contributed by atoms with Crippen molar-refractivity contribution in [2.45, 2.75) is 17.7 Å². The first-order chi connectivity index (χ1) is 12.8. The summed E-state index contributed by atoms with van der Waals surface area (Å²) in [7, 11) is 0.580. The Hall–Kier alpha value is -2.58. The minimum Gasteiger partial charge on any atom is -0.495 e. The van der Waals surface area contributed by atoms with Gasteiger partial charge in [0.05, 0.1) is 13.7 Å². The van der Waals surface area contributed by atoms with E-state index in [1.807, 2.05) is 30.3 Å². The first-order valence-electron chi connectivity index (χ1n) is 8.43. The summed E-state index contributed by atoms with van der Waals surface area (Å²) < 4.78 is 36.6. The molecule has 0 spiro atoms. The smallest absolute Gasteiger partial charge is 0.246 e. The zero-order chi connectivity index (χ0) is 19.9. The van der Waals surface area contributed by atoms with Crippen molar-refractivity contribution >= 4 is 21.6 Å². The third-order valence-corrected chi connectivity index (χ3v) is 5.60. The molecule has 0 saturated carbocycles. The topological polar surface area (TPSA) is 84.9 Å². The zero-order valence-corrected chi connectivity index (χ0v) is 16.5. The number of para-hydroxylation sites is 1. The molecule has 0 aliphatic carbocycles. The maximum Gasteiger partial charge on any atom is 0.246 e. The normalized spacial score (nSPS) is 11.3. The maximum absolute atomic E-state index is 12.4. The average Bonchev–Trinajstić information content (AvgIpc) is 2.66. The van der Waals surface area contributed by atoms with Crippen molar-refractivity contribution in [3.63, 3.8) is 0 Å². The predicted molar refractivity (Wildman–Crippen MR) is 104 cm³/mol. The Morgan fingerprint density at radius 2 is 1.81 bits per heavy atom. The standard InChI is InChI=1S/C19H24N2O5S/c1-21(2)27(23,24)18-14-15(11-12-17(18)25-3)20-19(22)10-7-13-26-16-8-5-4-6-9-16/h4-6,8-9,11-12,14H,7,10,13H2,1-3H3,(H,20,22). The van der Waals surface area contributed by atoms with Gasteiger partial charge in [-0.1, -0.05) is 18.2 Å². The highest BCUT2D eigenvalue weighted by atomic mass is 32.2. The molecule has 7 nitrogen and oxygen atoms in total.